The Balaban J connectivity index is 2.11. The van der Waals surface area contributed by atoms with Crippen LogP contribution >= 0.6 is 0 Å². The lowest BCUT2D eigenvalue weighted by atomic mass is 10.2. The standard InChI is InChI=1S/C11H16N4O2S/c1-8-6-13-11(15-8)14-7-9-4-2-3-5-10(9)18(12,16)17/h2-5,8H,6-7H2,1H3,(H2,12,16,17)(H2,13,14,15). The molecular formula is C11H16N4O2S. The minimum absolute atomic E-state index is 0.143. The molecule has 4 N–H and O–H groups in total. The van der Waals surface area contributed by atoms with Crippen LogP contribution in [-0.2, 0) is 16.6 Å². The summed E-state index contributed by atoms with van der Waals surface area (Å²) in [5.41, 5.74) is 0.629. The number of rotatable bonds is 3. The molecule has 0 aromatic heterocycles. The van der Waals surface area contributed by atoms with Crippen LogP contribution in [0.5, 0.6) is 0 Å². The molecular weight excluding hydrogens is 252 g/mol. The maximum Gasteiger partial charge on any atom is 0.238 e. The summed E-state index contributed by atoms with van der Waals surface area (Å²) in [5, 5.41) is 11.4. The average molecular weight is 268 g/mol. The van der Waals surface area contributed by atoms with E-state index in [1.54, 1.807) is 18.2 Å². The van der Waals surface area contributed by atoms with Crippen molar-refractivity contribution in [2.45, 2.75) is 24.4 Å². The van der Waals surface area contributed by atoms with Crippen LogP contribution in [0.1, 0.15) is 12.5 Å². The summed E-state index contributed by atoms with van der Waals surface area (Å²) in [5.74, 6) is 0.687. The molecule has 0 saturated carbocycles. The monoisotopic (exact) mass is 268 g/mol. The number of hydrogen-bond acceptors (Lipinski definition) is 5. The Morgan fingerprint density at radius 3 is 2.83 bits per heavy atom. The van der Waals surface area contributed by atoms with E-state index in [0.717, 1.165) is 6.54 Å². The number of sulfonamides is 1. The Hall–Kier alpha value is -1.60. The van der Waals surface area contributed by atoms with Gasteiger partial charge in [0.25, 0.3) is 0 Å². The van der Waals surface area contributed by atoms with Gasteiger partial charge in [-0.1, -0.05) is 18.2 Å². The molecule has 0 radical (unpaired) electrons. The van der Waals surface area contributed by atoms with Crippen molar-refractivity contribution in [2.24, 2.45) is 10.1 Å². The van der Waals surface area contributed by atoms with Crippen molar-refractivity contribution in [1.29, 1.82) is 0 Å². The first-order chi connectivity index (χ1) is 8.47. The molecule has 2 rings (SSSR count). The first-order valence-corrected chi connectivity index (χ1v) is 7.17. The number of nitrogens with one attached hydrogen (secondary N) is 2. The highest BCUT2D eigenvalue weighted by Crippen LogP contribution is 2.13. The highest BCUT2D eigenvalue weighted by Gasteiger charge is 2.15. The largest absolute Gasteiger partial charge is 0.352 e. The van der Waals surface area contributed by atoms with Crippen molar-refractivity contribution in [2.75, 3.05) is 6.54 Å². The molecule has 1 unspecified atom stereocenters. The van der Waals surface area contributed by atoms with E-state index >= 15 is 0 Å². The van der Waals surface area contributed by atoms with E-state index in [-0.39, 0.29) is 4.90 Å². The smallest absolute Gasteiger partial charge is 0.238 e. The van der Waals surface area contributed by atoms with Crippen LogP contribution < -0.4 is 15.8 Å². The Morgan fingerprint density at radius 1 is 1.50 bits per heavy atom. The minimum atomic E-state index is -3.69. The van der Waals surface area contributed by atoms with Gasteiger partial charge in [0.1, 0.15) is 0 Å². The fourth-order valence-electron chi connectivity index (χ4n) is 1.77. The fraction of sp³-hybridized carbons (Fsp3) is 0.364. The molecule has 0 aliphatic carbocycles. The Bertz CT molecular complexity index is 568. The second-order valence-electron chi connectivity index (χ2n) is 4.24. The van der Waals surface area contributed by atoms with Crippen molar-refractivity contribution in [3.8, 4) is 0 Å². The zero-order valence-corrected chi connectivity index (χ0v) is 10.9. The number of guanidine groups is 1. The highest BCUT2D eigenvalue weighted by atomic mass is 32.2. The third-order valence-electron chi connectivity index (χ3n) is 2.63. The summed E-state index contributed by atoms with van der Waals surface area (Å²) in [6.45, 7) is 3.11. The van der Waals surface area contributed by atoms with E-state index < -0.39 is 10.0 Å². The van der Waals surface area contributed by atoms with Gasteiger partial charge in [-0.15, -0.1) is 0 Å². The third kappa shape index (κ3) is 2.99. The Labute approximate surface area is 106 Å². The van der Waals surface area contributed by atoms with Crippen LogP contribution in [0.2, 0.25) is 0 Å². The summed E-state index contributed by atoms with van der Waals surface area (Å²) < 4.78 is 22.8. The molecule has 0 spiro atoms. The summed E-state index contributed by atoms with van der Waals surface area (Å²) in [6, 6.07) is 6.96. The quantitative estimate of drug-likeness (QED) is 0.705. The van der Waals surface area contributed by atoms with E-state index in [1.165, 1.54) is 6.07 Å². The Morgan fingerprint density at radius 2 is 2.22 bits per heavy atom. The summed E-state index contributed by atoms with van der Waals surface area (Å²) in [6.07, 6.45) is 0. The van der Waals surface area contributed by atoms with Gasteiger partial charge in [-0.25, -0.2) is 13.6 Å². The van der Waals surface area contributed by atoms with E-state index in [4.69, 9.17) is 5.14 Å². The molecule has 0 bridgehead atoms. The lowest BCUT2D eigenvalue weighted by Gasteiger charge is -2.11. The second kappa shape index (κ2) is 4.95. The molecule has 7 heteroatoms. The van der Waals surface area contributed by atoms with E-state index in [9.17, 15) is 8.42 Å². The van der Waals surface area contributed by atoms with Gasteiger partial charge in [0.15, 0.2) is 5.96 Å². The van der Waals surface area contributed by atoms with Gasteiger partial charge in [0.2, 0.25) is 10.0 Å². The maximum atomic E-state index is 11.4. The minimum Gasteiger partial charge on any atom is -0.352 e. The van der Waals surface area contributed by atoms with Crippen LogP contribution in [-0.4, -0.2) is 27.0 Å². The highest BCUT2D eigenvalue weighted by molar-refractivity contribution is 7.89. The van der Waals surface area contributed by atoms with E-state index in [1.807, 2.05) is 6.92 Å². The molecule has 1 heterocycles. The van der Waals surface area contributed by atoms with Gasteiger partial charge in [-0.3, -0.25) is 4.99 Å². The van der Waals surface area contributed by atoms with Crippen molar-refractivity contribution < 1.29 is 8.42 Å². The number of nitrogens with two attached hydrogens (primary N) is 1. The average Bonchev–Trinajstić information content (AvgIpc) is 2.72. The molecule has 1 atom stereocenters. The molecule has 1 aromatic carbocycles. The summed E-state index contributed by atoms with van der Waals surface area (Å²) >= 11 is 0. The molecule has 18 heavy (non-hydrogen) atoms. The van der Waals surface area contributed by atoms with Crippen molar-refractivity contribution in [3.05, 3.63) is 29.8 Å². The number of nitrogens with zero attached hydrogens (tertiary/aromatic N) is 1. The van der Waals surface area contributed by atoms with Crippen LogP contribution in [0, 0.1) is 0 Å². The van der Waals surface area contributed by atoms with Gasteiger partial charge in [-0.05, 0) is 18.6 Å². The normalized spacial score (nSPS) is 19.2. The predicted molar refractivity (Wildman–Crippen MR) is 69.6 cm³/mol. The summed E-state index contributed by atoms with van der Waals surface area (Å²) in [4.78, 5) is 4.38. The third-order valence-corrected chi connectivity index (χ3v) is 3.64. The van der Waals surface area contributed by atoms with Crippen LogP contribution in [0.25, 0.3) is 0 Å². The number of primary sulfonamides is 1. The van der Waals surface area contributed by atoms with Gasteiger partial charge in [0.05, 0.1) is 11.4 Å². The second-order valence-corrected chi connectivity index (χ2v) is 5.77. The topological polar surface area (TPSA) is 96.6 Å². The molecule has 6 nitrogen and oxygen atoms in total. The Kier molecular flexibility index (Phi) is 3.53. The summed E-state index contributed by atoms with van der Waals surface area (Å²) in [7, 11) is -3.69. The molecule has 1 aliphatic rings. The first-order valence-electron chi connectivity index (χ1n) is 5.62. The van der Waals surface area contributed by atoms with Gasteiger partial charge in [0, 0.05) is 12.6 Å². The number of benzene rings is 1. The van der Waals surface area contributed by atoms with Crippen molar-refractivity contribution in [1.82, 2.24) is 10.6 Å². The first kappa shape index (κ1) is 12.8. The van der Waals surface area contributed by atoms with Crippen LogP contribution in [0.15, 0.2) is 34.2 Å². The molecule has 0 amide bonds. The van der Waals surface area contributed by atoms with Gasteiger partial charge >= 0.3 is 0 Å². The lowest BCUT2D eigenvalue weighted by Crippen LogP contribution is -2.37. The maximum absolute atomic E-state index is 11.4. The lowest BCUT2D eigenvalue weighted by molar-refractivity contribution is 0.596. The van der Waals surface area contributed by atoms with Gasteiger partial charge < -0.3 is 10.6 Å². The van der Waals surface area contributed by atoms with Crippen LogP contribution in [0.3, 0.4) is 0 Å². The molecule has 0 fully saturated rings. The predicted octanol–water partition coefficient (Wildman–Crippen LogP) is -0.229. The zero-order chi connectivity index (χ0) is 13.2. The van der Waals surface area contributed by atoms with Crippen molar-refractivity contribution >= 4 is 16.0 Å². The molecule has 0 saturated heterocycles. The number of hydrogen-bond donors (Lipinski definition) is 3. The zero-order valence-electron chi connectivity index (χ0n) is 10.1. The van der Waals surface area contributed by atoms with E-state index in [0.29, 0.717) is 24.1 Å². The fourth-order valence-corrected chi connectivity index (χ4v) is 2.54. The van der Waals surface area contributed by atoms with Crippen LogP contribution in [0.4, 0.5) is 0 Å². The van der Waals surface area contributed by atoms with Crippen molar-refractivity contribution in [3.63, 3.8) is 0 Å². The van der Waals surface area contributed by atoms with Gasteiger partial charge in [-0.2, -0.15) is 0 Å². The molecule has 1 aliphatic heterocycles. The van der Waals surface area contributed by atoms with E-state index in [2.05, 4.69) is 15.6 Å². The SMILES string of the molecule is CC1CN=C(NCc2ccccc2S(N)(=O)=O)N1. The molecule has 1 aromatic rings. The molecule has 98 valence electrons. The number of aliphatic imine (C=N–C) groups is 1.